The first-order valence-electron chi connectivity index (χ1n) is 8.97. The summed E-state index contributed by atoms with van der Waals surface area (Å²) in [6.07, 6.45) is 2.75. The summed E-state index contributed by atoms with van der Waals surface area (Å²) in [5.41, 5.74) is 8.23. The van der Waals surface area contributed by atoms with Crippen LogP contribution in [0, 0.1) is 0 Å². The lowest BCUT2D eigenvalue weighted by Crippen LogP contribution is -2.25. The average Bonchev–Trinajstić information content (AvgIpc) is 3.10. The zero-order chi connectivity index (χ0) is 21.4. The average molecular weight is 461 g/mol. The van der Waals surface area contributed by atoms with E-state index in [1.54, 1.807) is 39.1 Å². The highest BCUT2D eigenvalue weighted by Crippen LogP contribution is 2.21. The van der Waals surface area contributed by atoms with Gasteiger partial charge in [-0.15, -0.1) is 0 Å². The highest BCUT2D eigenvalue weighted by atomic mass is 79.9. The Morgan fingerprint density at radius 1 is 1.28 bits per heavy atom. The molecule has 1 amide bonds. The molecule has 0 bridgehead atoms. The summed E-state index contributed by atoms with van der Waals surface area (Å²) in [6, 6.07) is 10.8. The number of aliphatic imine (C=N–C) groups is 1. The van der Waals surface area contributed by atoms with Crippen molar-refractivity contribution in [3.05, 3.63) is 75.6 Å². The molecular formula is C21H25BrN4O3. The maximum atomic E-state index is 12.7. The maximum Gasteiger partial charge on any atom is 0.282 e. The van der Waals surface area contributed by atoms with Crippen molar-refractivity contribution in [3.8, 4) is 5.95 Å². The summed E-state index contributed by atoms with van der Waals surface area (Å²) in [4.78, 5) is 17.2. The number of allylic oxidation sites excluding steroid dienone is 2. The molecule has 7 nitrogen and oxygen atoms in total. The predicted octanol–water partition coefficient (Wildman–Crippen LogP) is 3.53. The minimum atomic E-state index is -0.500. The fourth-order valence-corrected chi connectivity index (χ4v) is 2.99. The van der Waals surface area contributed by atoms with Crippen molar-refractivity contribution >= 4 is 27.5 Å². The molecule has 0 aliphatic heterocycles. The highest BCUT2D eigenvalue weighted by Gasteiger charge is 2.13. The molecule has 0 saturated heterocycles. The molecule has 1 aromatic heterocycles. The van der Waals surface area contributed by atoms with E-state index in [1.165, 1.54) is 6.07 Å². The van der Waals surface area contributed by atoms with Crippen LogP contribution in [0.5, 0.6) is 5.95 Å². The number of amides is 1. The number of carbonyl (C=O) groups excluding carboxylic acids is 1. The second-order valence-corrected chi connectivity index (χ2v) is 7.25. The Morgan fingerprint density at radius 3 is 2.59 bits per heavy atom. The highest BCUT2D eigenvalue weighted by molar-refractivity contribution is 9.10. The van der Waals surface area contributed by atoms with Gasteiger partial charge in [0.15, 0.2) is 6.17 Å². The SMILES string of the molecule is CNC(/N=C(C)/C=C(\C=C(/C)N)C(=O)NCc1ccccc1Br)c1ccc(O)o1. The minimum absolute atomic E-state index is 0.183. The van der Waals surface area contributed by atoms with Gasteiger partial charge in [-0.25, -0.2) is 0 Å². The third kappa shape index (κ3) is 6.92. The van der Waals surface area contributed by atoms with Crippen molar-refractivity contribution in [1.29, 1.82) is 0 Å². The number of hydrogen-bond acceptors (Lipinski definition) is 6. The molecule has 1 aromatic carbocycles. The Bertz CT molecular complexity index is 943. The number of aromatic hydroxyl groups is 1. The Hall–Kier alpha value is -2.84. The summed E-state index contributed by atoms with van der Waals surface area (Å²) in [5, 5.41) is 15.3. The molecule has 2 rings (SSSR count). The molecular weight excluding hydrogens is 436 g/mol. The van der Waals surface area contributed by atoms with Crippen molar-refractivity contribution in [2.24, 2.45) is 10.7 Å². The molecule has 1 heterocycles. The van der Waals surface area contributed by atoms with Gasteiger partial charge in [0.2, 0.25) is 0 Å². The molecule has 1 unspecified atom stereocenters. The van der Waals surface area contributed by atoms with E-state index in [4.69, 9.17) is 10.2 Å². The number of rotatable bonds is 8. The molecule has 0 aliphatic carbocycles. The summed E-state index contributed by atoms with van der Waals surface area (Å²) in [7, 11) is 1.72. The molecule has 0 fully saturated rings. The van der Waals surface area contributed by atoms with Crippen LogP contribution in [-0.2, 0) is 11.3 Å². The fourth-order valence-electron chi connectivity index (χ4n) is 2.56. The summed E-state index contributed by atoms with van der Waals surface area (Å²) < 4.78 is 6.13. The van der Waals surface area contributed by atoms with Gasteiger partial charge in [0.25, 0.3) is 11.9 Å². The van der Waals surface area contributed by atoms with Gasteiger partial charge < -0.3 is 20.6 Å². The molecule has 8 heteroatoms. The second kappa shape index (κ2) is 10.6. The van der Waals surface area contributed by atoms with Crippen molar-refractivity contribution in [2.45, 2.75) is 26.6 Å². The van der Waals surface area contributed by atoms with Gasteiger partial charge in [0.1, 0.15) is 5.76 Å². The Kier molecular flexibility index (Phi) is 8.23. The van der Waals surface area contributed by atoms with E-state index in [-0.39, 0.29) is 11.9 Å². The lowest BCUT2D eigenvalue weighted by atomic mass is 10.1. The maximum absolute atomic E-state index is 12.7. The van der Waals surface area contributed by atoms with Crippen molar-refractivity contribution in [3.63, 3.8) is 0 Å². The largest absolute Gasteiger partial charge is 0.481 e. The smallest absolute Gasteiger partial charge is 0.282 e. The third-order valence-electron chi connectivity index (χ3n) is 3.90. The summed E-state index contributed by atoms with van der Waals surface area (Å²) in [5.74, 6) is 0.0115. The van der Waals surface area contributed by atoms with E-state index in [1.807, 2.05) is 24.3 Å². The number of furan rings is 1. The van der Waals surface area contributed by atoms with E-state index in [2.05, 4.69) is 31.6 Å². The topological polar surface area (TPSA) is 113 Å². The number of carbonyl (C=O) groups is 1. The molecule has 1 atom stereocenters. The van der Waals surface area contributed by atoms with Gasteiger partial charge in [-0.2, -0.15) is 0 Å². The minimum Gasteiger partial charge on any atom is -0.481 e. The van der Waals surface area contributed by atoms with Gasteiger partial charge >= 0.3 is 0 Å². The molecule has 0 saturated carbocycles. The predicted molar refractivity (Wildman–Crippen MR) is 117 cm³/mol. The molecule has 2 aromatic rings. The number of halogens is 1. The summed E-state index contributed by atoms with van der Waals surface area (Å²) in [6.45, 7) is 3.85. The van der Waals surface area contributed by atoms with E-state index in [9.17, 15) is 9.90 Å². The fraction of sp³-hybridized carbons (Fsp3) is 0.238. The van der Waals surface area contributed by atoms with Gasteiger partial charge in [-0.1, -0.05) is 34.1 Å². The van der Waals surface area contributed by atoms with Crippen molar-refractivity contribution in [1.82, 2.24) is 10.6 Å². The van der Waals surface area contributed by atoms with E-state index >= 15 is 0 Å². The Morgan fingerprint density at radius 2 is 2.00 bits per heavy atom. The number of benzene rings is 1. The molecule has 0 radical (unpaired) electrons. The van der Waals surface area contributed by atoms with E-state index in [0.29, 0.717) is 29.3 Å². The Balaban J connectivity index is 2.21. The van der Waals surface area contributed by atoms with E-state index in [0.717, 1.165) is 10.0 Å². The number of nitrogens with zero attached hydrogens (tertiary/aromatic N) is 1. The lowest BCUT2D eigenvalue weighted by Gasteiger charge is -2.11. The van der Waals surface area contributed by atoms with Crippen molar-refractivity contribution < 1.29 is 14.3 Å². The van der Waals surface area contributed by atoms with Crippen LogP contribution in [0.25, 0.3) is 0 Å². The zero-order valence-electron chi connectivity index (χ0n) is 16.6. The quantitative estimate of drug-likeness (QED) is 0.273. The van der Waals surface area contributed by atoms with Crippen LogP contribution in [0.3, 0.4) is 0 Å². The first-order chi connectivity index (χ1) is 13.8. The first kappa shape index (κ1) is 22.4. The number of hydrogen-bond donors (Lipinski definition) is 4. The molecule has 0 aliphatic rings. The van der Waals surface area contributed by atoms with Crippen LogP contribution in [0.15, 0.2) is 73.7 Å². The zero-order valence-corrected chi connectivity index (χ0v) is 18.2. The normalized spacial score (nSPS) is 14.0. The molecule has 5 N–H and O–H groups in total. The lowest BCUT2D eigenvalue weighted by molar-refractivity contribution is -0.117. The van der Waals surface area contributed by atoms with Crippen LogP contribution in [0.4, 0.5) is 0 Å². The standard InChI is InChI=1S/C21H25BrN4O3/c1-13(23)10-16(21(28)25-12-15-6-4-5-7-17(15)22)11-14(2)26-20(24-3)18-8-9-19(27)29-18/h4-11,20,24,27H,12,23H2,1-3H3,(H,25,28)/b13-10+,16-11+,26-14+. The van der Waals surface area contributed by atoms with Crippen LogP contribution < -0.4 is 16.4 Å². The Labute approximate surface area is 178 Å². The number of nitrogens with one attached hydrogen (secondary N) is 2. The monoisotopic (exact) mass is 460 g/mol. The molecule has 29 heavy (non-hydrogen) atoms. The van der Waals surface area contributed by atoms with Crippen LogP contribution in [-0.4, -0.2) is 23.8 Å². The van der Waals surface area contributed by atoms with Gasteiger partial charge in [0.05, 0.1) is 0 Å². The summed E-state index contributed by atoms with van der Waals surface area (Å²) >= 11 is 3.47. The van der Waals surface area contributed by atoms with Gasteiger partial charge in [-0.3, -0.25) is 15.1 Å². The van der Waals surface area contributed by atoms with E-state index < -0.39 is 6.17 Å². The van der Waals surface area contributed by atoms with Gasteiger partial charge in [0, 0.05) is 34.1 Å². The van der Waals surface area contributed by atoms with Gasteiger partial charge in [-0.05, 0) is 50.7 Å². The van der Waals surface area contributed by atoms with Crippen LogP contribution in [0.2, 0.25) is 0 Å². The van der Waals surface area contributed by atoms with Crippen LogP contribution in [0.1, 0.15) is 31.3 Å². The molecule has 154 valence electrons. The number of nitrogens with two attached hydrogens (primary N) is 1. The second-order valence-electron chi connectivity index (χ2n) is 6.40. The third-order valence-corrected chi connectivity index (χ3v) is 4.67. The molecule has 0 spiro atoms. The van der Waals surface area contributed by atoms with Crippen LogP contribution >= 0.6 is 15.9 Å². The van der Waals surface area contributed by atoms with Crippen molar-refractivity contribution in [2.75, 3.05) is 7.05 Å². The first-order valence-corrected chi connectivity index (χ1v) is 9.77.